The number of nitrogens with one attached hydrogen (secondary N) is 1. The second kappa shape index (κ2) is 9.76. The van der Waals surface area contributed by atoms with Gasteiger partial charge >= 0.3 is 0 Å². The summed E-state index contributed by atoms with van der Waals surface area (Å²) in [5.41, 5.74) is 4.13. The number of carbonyl (C=O) groups is 2. The predicted molar refractivity (Wildman–Crippen MR) is 133 cm³/mol. The lowest BCUT2D eigenvalue weighted by molar-refractivity contribution is -0.117. The molecule has 33 heavy (non-hydrogen) atoms. The summed E-state index contributed by atoms with van der Waals surface area (Å²) in [6.07, 6.45) is 0.508. The van der Waals surface area contributed by atoms with E-state index in [4.69, 9.17) is 0 Å². The van der Waals surface area contributed by atoms with Crippen LogP contribution in [0.2, 0.25) is 0 Å². The summed E-state index contributed by atoms with van der Waals surface area (Å²) >= 11 is 1.27. The molecule has 164 valence electrons. The van der Waals surface area contributed by atoms with Crippen LogP contribution in [0.5, 0.6) is 0 Å². The monoisotopic (exact) mass is 453 g/mol. The molecule has 0 radical (unpaired) electrons. The summed E-state index contributed by atoms with van der Waals surface area (Å²) in [7, 11) is 0. The van der Waals surface area contributed by atoms with Gasteiger partial charge in [0.15, 0.2) is 0 Å². The second-order valence-corrected chi connectivity index (χ2v) is 9.06. The summed E-state index contributed by atoms with van der Waals surface area (Å²) in [5.74, 6) is -0.667. The highest BCUT2D eigenvalue weighted by Crippen LogP contribution is 2.42. The number of anilines is 2. The van der Waals surface area contributed by atoms with Gasteiger partial charge in [-0.05, 0) is 55.2 Å². The van der Waals surface area contributed by atoms with Gasteiger partial charge in [0.2, 0.25) is 5.91 Å². The van der Waals surface area contributed by atoms with Gasteiger partial charge in [0.1, 0.15) is 16.7 Å². The lowest BCUT2D eigenvalue weighted by atomic mass is 10.1. The van der Waals surface area contributed by atoms with E-state index in [1.165, 1.54) is 16.7 Å². The smallest absolute Gasteiger partial charge is 0.269 e. The molecular formula is C27H23N3O2S. The van der Waals surface area contributed by atoms with Crippen molar-refractivity contribution >= 4 is 35.0 Å². The summed E-state index contributed by atoms with van der Waals surface area (Å²) in [5, 5.41) is 12.8. The first-order valence-corrected chi connectivity index (χ1v) is 11.5. The van der Waals surface area contributed by atoms with Crippen LogP contribution in [-0.4, -0.2) is 17.1 Å². The molecule has 5 nitrogen and oxygen atoms in total. The molecule has 1 heterocycles. The average Bonchev–Trinajstić information content (AvgIpc) is 3.13. The topological polar surface area (TPSA) is 73.2 Å². The molecule has 2 amide bonds. The van der Waals surface area contributed by atoms with Gasteiger partial charge in [-0.3, -0.25) is 14.5 Å². The van der Waals surface area contributed by atoms with Crippen molar-refractivity contribution < 1.29 is 9.59 Å². The van der Waals surface area contributed by atoms with E-state index in [1.54, 1.807) is 12.1 Å². The van der Waals surface area contributed by atoms with E-state index in [-0.39, 0.29) is 11.5 Å². The zero-order valence-corrected chi connectivity index (χ0v) is 19.2. The van der Waals surface area contributed by atoms with Crippen LogP contribution in [0, 0.1) is 25.2 Å². The number of hydrogen-bond donors (Lipinski definition) is 1. The van der Waals surface area contributed by atoms with Crippen molar-refractivity contribution in [2.75, 3.05) is 10.2 Å². The lowest BCUT2D eigenvalue weighted by Crippen LogP contribution is -2.30. The van der Waals surface area contributed by atoms with E-state index in [0.29, 0.717) is 22.8 Å². The van der Waals surface area contributed by atoms with Gasteiger partial charge in [0.25, 0.3) is 5.91 Å². The number of thioether (sulfide) groups is 1. The lowest BCUT2D eigenvalue weighted by Gasteiger charge is -2.19. The Labute approximate surface area is 197 Å². The van der Waals surface area contributed by atoms with Crippen LogP contribution in [-0.2, 0) is 16.0 Å². The molecule has 0 bridgehead atoms. The Morgan fingerprint density at radius 1 is 1.03 bits per heavy atom. The molecule has 1 saturated heterocycles. The fourth-order valence-electron chi connectivity index (χ4n) is 3.68. The first-order valence-electron chi connectivity index (χ1n) is 10.6. The molecule has 1 fully saturated rings. The first kappa shape index (κ1) is 22.4. The zero-order chi connectivity index (χ0) is 23.4. The van der Waals surface area contributed by atoms with Crippen LogP contribution in [0.4, 0.5) is 11.4 Å². The zero-order valence-electron chi connectivity index (χ0n) is 18.4. The third kappa shape index (κ3) is 4.84. The van der Waals surface area contributed by atoms with Crippen molar-refractivity contribution in [3.8, 4) is 6.07 Å². The molecule has 1 unspecified atom stereocenters. The number of carbonyl (C=O) groups excluding carboxylic acids is 2. The van der Waals surface area contributed by atoms with Crippen LogP contribution in [0.25, 0.3) is 0 Å². The molecule has 1 atom stereocenters. The highest BCUT2D eigenvalue weighted by Gasteiger charge is 2.40. The molecular weight excluding hydrogens is 430 g/mol. The molecule has 0 spiro atoms. The van der Waals surface area contributed by atoms with Crippen LogP contribution < -0.4 is 10.2 Å². The summed E-state index contributed by atoms with van der Waals surface area (Å²) < 4.78 is 0. The van der Waals surface area contributed by atoms with Gasteiger partial charge in [0, 0.05) is 11.4 Å². The SMILES string of the molecule is Cc1ccc(C)c(NC(=O)C(C#N)=C2SC(Cc3ccccc3)C(=O)N2c2ccccc2)c1. The van der Waals surface area contributed by atoms with Crippen LogP contribution in [0.1, 0.15) is 16.7 Å². The molecule has 0 aliphatic carbocycles. The minimum atomic E-state index is -0.525. The van der Waals surface area contributed by atoms with Crippen molar-refractivity contribution in [1.29, 1.82) is 5.26 Å². The van der Waals surface area contributed by atoms with Crippen molar-refractivity contribution in [2.45, 2.75) is 25.5 Å². The highest BCUT2D eigenvalue weighted by molar-refractivity contribution is 8.05. The van der Waals surface area contributed by atoms with E-state index in [2.05, 4.69) is 11.4 Å². The van der Waals surface area contributed by atoms with Gasteiger partial charge in [-0.2, -0.15) is 5.26 Å². The Bertz CT molecular complexity index is 1260. The summed E-state index contributed by atoms with van der Waals surface area (Å²) in [6, 6.07) is 26.7. The molecule has 6 heteroatoms. The number of benzene rings is 3. The number of amides is 2. The predicted octanol–water partition coefficient (Wildman–Crippen LogP) is 5.37. The summed E-state index contributed by atoms with van der Waals surface area (Å²) in [4.78, 5) is 28.2. The number of para-hydroxylation sites is 1. The number of nitrogens with zero attached hydrogens (tertiary/aromatic N) is 2. The van der Waals surface area contributed by atoms with Crippen LogP contribution in [0.3, 0.4) is 0 Å². The largest absolute Gasteiger partial charge is 0.321 e. The van der Waals surface area contributed by atoms with Crippen LogP contribution >= 0.6 is 11.8 Å². The Morgan fingerprint density at radius 2 is 1.70 bits per heavy atom. The van der Waals surface area contributed by atoms with Crippen molar-refractivity contribution in [3.05, 3.63) is 106 Å². The molecule has 1 N–H and O–H groups in total. The maximum absolute atomic E-state index is 13.5. The van der Waals surface area contributed by atoms with E-state index in [9.17, 15) is 14.9 Å². The van der Waals surface area contributed by atoms with Crippen molar-refractivity contribution in [2.24, 2.45) is 0 Å². The van der Waals surface area contributed by atoms with Gasteiger partial charge in [-0.15, -0.1) is 0 Å². The molecule has 1 aliphatic heterocycles. The second-order valence-electron chi connectivity index (χ2n) is 7.87. The average molecular weight is 454 g/mol. The quantitative estimate of drug-likeness (QED) is 0.416. The normalized spacial score (nSPS) is 16.9. The minimum Gasteiger partial charge on any atom is -0.321 e. The number of rotatable bonds is 5. The number of nitriles is 1. The van der Waals surface area contributed by atoms with Gasteiger partial charge in [-0.25, -0.2) is 0 Å². The summed E-state index contributed by atoms with van der Waals surface area (Å²) in [6.45, 7) is 3.84. The molecule has 0 saturated carbocycles. The Kier molecular flexibility index (Phi) is 6.62. The number of hydrogen-bond acceptors (Lipinski definition) is 4. The molecule has 4 rings (SSSR count). The highest BCUT2D eigenvalue weighted by atomic mass is 32.2. The van der Waals surface area contributed by atoms with Crippen molar-refractivity contribution in [1.82, 2.24) is 0 Å². The maximum atomic E-state index is 13.5. The Hall–Kier alpha value is -3.82. The molecule has 3 aromatic carbocycles. The van der Waals surface area contributed by atoms with E-state index < -0.39 is 11.2 Å². The van der Waals surface area contributed by atoms with Crippen molar-refractivity contribution in [3.63, 3.8) is 0 Å². The minimum absolute atomic E-state index is 0.0753. The Balaban J connectivity index is 1.73. The molecule has 1 aliphatic rings. The molecule has 0 aromatic heterocycles. The fourth-order valence-corrected chi connectivity index (χ4v) is 4.99. The van der Waals surface area contributed by atoms with Gasteiger partial charge in [0.05, 0.1) is 5.25 Å². The number of aryl methyl sites for hydroxylation is 2. The van der Waals surface area contributed by atoms with E-state index in [1.807, 2.05) is 80.6 Å². The van der Waals surface area contributed by atoms with Gasteiger partial charge in [-0.1, -0.05) is 72.4 Å². The molecule has 3 aromatic rings. The first-order chi connectivity index (χ1) is 16.0. The third-order valence-electron chi connectivity index (χ3n) is 5.43. The fraction of sp³-hybridized carbons (Fsp3) is 0.148. The van der Waals surface area contributed by atoms with E-state index in [0.717, 1.165) is 16.7 Å². The van der Waals surface area contributed by atoms with Gasteiger partial charge < -0.3 is 5.32 Å². The van der Waals surface area contributed by atoms with Crippen LogP contribution in [0.15, 0.2) is 89.5 Å². The standard InChI is InChI=1S/C27H23N3O2S/c1-18-13-14-19(2)23(15-18)29-25(31)22(17-28)27-30(21-11-7-4-8-12-21)26(32)24(33-27)16-20-9-5-3-6-10-20/h3-15,24H,16H2,1-2H3,(H,29,31). The van der Waals surface area contributed by atoms with E-state index >= 15 is 0 Å². The third-order valence-corrected chi connectivity index (χ3v) is 6.69. The Morgan fingerprint density at radius 3 is 2.36 bits per heavy atom. The maximum Gasteiger partial charge on any atom is 0.269 e.